The molecule has 1 aliphatic rings. The van der Waals surface area contributed by atoms with E-state index in [1.165, 1.54) is 20.1 Å². The summed E-state index contributed by atoms with van der Waals surface area (Å²) in [6.07, 6.45) is 1.10. The summed E-state index contributed by atoms with van der Waals surface area (Å²) in [7, 11) is 1.24. The van der Waals surface area contributed by atoms with Crippen LogP contribution in [0.5, 0.6) is 0 Å². The third-order valence-corrected chi connectivity index (χ3v) is 2.10. The van der Waals surface area contributed by atoms with Crippen molar-refractivity contribution in [3.05, 3.63) is 11.8 Å². The summed E-state index contributed by atoms with van der Waals surface area (Å²) in [5.74, 6) is -1.65. The fourth-order valence-electron chi connectivity index (χ4n) is 1.44. The molecule has 1 saturated heterocycles. The first kappa shape index (κ1) is 13.7. The third kappa shape index (κ3) is 4.16. The molecule has 1 atom stereocenters. The Morgan fingerprint density at radius 3 is 2.53 bits per heavy atom. The minimum Gasteiger partial charge on any atom is -0.464 e. The van der Waals surface area contributed by atoms with E-state index in [1.807, 2.05) is 0 Å². The van der Waals surface area contributed by atoms with Crippen LogP contribution in [0.1, 0.15) is 20.8 Å². The second-order valence-electron chi connectivity index (χ2n) is 4.12. The lowest BCUT2D eigenvalue weighted by atomic mass is 10.3. The van der Waals surface area contributed by atoms with Crippen molar-refractivity contribution in [1.82, 2.24) is 5.32 Å². The Morgan fingerprint density at radius 1 is 1.47 bits per heavy atom. The van der Waals surface area contributed by atoms with Crippen LogP contribution in [0.25, 0.3) is 0 Å². The monoisotopic (exact) mass is 243 g/mol. The third-order valence-electron chi connectivity index (χ3n) is 2.10. The lowest BCUT2D eigenvalue weighted by Crippen LogP contribution is -2.28. The molecule has 0 radical (unpaired) electrons. The van der Waals surface area contributed by atoms with Gasteiger partial charge in [0.1, 0.15) is 11.8 Å². The first-order valence-corrected chi connectivity index (χ1v) is 5.23. The van der Waals surface area contributed by atoms with E-state index < -0.39 is 11.8 Å². The highest BCUT2D eigenvalue weighted by molar-refractivity contribution is 5.93. The Morgan fingerprint density at radius 2 is 2.12 bits per heavy atom. The predicted molar refractivity (Wildman–Crippen MR) is 58.8 cm³/mol. The molecule has 6 heteroatoms. The molecule has 0 unspecified atom stereocenters. The number of ether oxygens (including phenoxy) is 3. The van der Waals surface area contributed by atoms with Gasteiger partial charge in [-0.05, 0) is 19.9 Å². The van der Waals surface area contributed by atoms with E-state index in [0.29, 0.717) is 6.61 Å². The van der Waals surface area contributed by atoms with Gasteiger partial charge in [0.05, 0.1) is 13.7 Å². The molecule has 0 bridgehead atoms. The number of esters is 1. The maximum Gasteiger partial charge on any atom is 0.354 e. The van der Waals surface area contributed by atoms with Gasteiger partial charge in [-0.2, -0.15) is 0 Å². The maximum atomic E-state index is 11.4. The van der Waals surface area contributed by atoms with Gasteiger partial charge in [0.25, 0.3) is 0 Å². The van der Waals surface area contributed by atoms with Crippen LogP contribution in [-0.2, 0) is 23.8 Å². The predicted octanol–water partition coefficient (Wildman–Crippen LogP) is 0.331. The summed E-state index contributed by atoms with van der Waals surface area (Å²) in [6.45, 7) is 5.19. The molecule has 17 heavy (non-hydrogen) atoms. The zero-order valence-electron chi connectivity index (χ0n) is 10.4. The Hall–Kier alpha value is -1.40. The number of hydrogen-bond donors (Lipinski definition) is 1. The highest BCUT2D eigenvalue weighted by Gasteiger charge is 2.32. The van der Waals surface area contributed by atoms with Crippen molar-refractivity contribution in [3.8, 4) is 0 Å². The first-order valence-electron chi connectivity index (χ1n) is 5.23. The molecule has 1 N–H and O–H groups in total. The van der Waals surface area contributed by atoms with E-state index >= 15 is 0 Å². The van der Waals surface area contributed by atoms with Crippen molar-refractivity contribution in [2.45, 2.75) is 32.7 Å². The second-order valence-corrected chi connectivity index (χ2v) is 4.12. The van der Waals surface area contributed by atoms with Crippen molar-refractivity contribution >= 4 is 11.9 Å². The fraction of sp³-hybridized carbons (Fsp3) is 0.636. The van der Waals surface area contributed by atoms with E-state index in [1.54, 1.807) is 13.8 Å². The van der Waals surface area contributed by atoms with Crippen LogP contribution in [-0.4, -0.2) is 37.5 Å². The average molecular weight is 243 g/mol. The van der Waals surface area contributed by atoms with Crippen molar-refractivity contribution in [1.29, 1.82) is 0 Å². The number of amides is 1. The lowest BCUT2D eigenvalue weighted by Gasteiger charge is -2.16. The fourth-order valence-corrected chi connectivity index (χ4v) is 1.44. The highest BCUT2D eigenvalue weighted by Crippen LogP contribution is 2.23. The largest absolute Gasteiger partial charge is 0.464 e. The molecule has 1 heterocycles. The standard InChI is InChI=1S/C11H17NO5/c1-7(13)12-9(10(14)15-4)5-8-6-16-11(2,3)17-8/h5,8H,6H2,1-4H3,(H,12,13)/b9-5+/t8-/m0/s1. The maximum absolute atomic E-state index is 11.4. The van der Waals surface area contributed by atoms with E-state index in [9.17, 15) is 9.59 Å². The summed E-state index contributed by atoms with van der Waals surface area (Å²) in [6, 6.07) is 0. The molecule has 0 aliphatic carbocycles. The molecule has 1 aliphatic heterocycles. The molecule has 0 spiro atoms. The summed E-state index contributed by atoms with van der Waals surface area (Å²) < 4.78 is 15.4. The van der Waals surface area contributed by atoms with Crippen LogP contribution in [0.15, 0.2) is 11.8 Å². The SMILES string of the molecule is COC(=O)/C(=C\[C@H]1COC(C)(C)O1)NC(C)=O. The van der Waals surface area contributed by atoms with Gasteiger partial charge in [0.2, 0.25) is 5.91 Å². The molecular formula is C11H17NO5. The van der Waals surface area contributed by atoms with E-state index in [2.05, 4.69) is 10.1 Å². The van der Waals surface area contributed by atoms with Gasteiger partial charge >= 0.3 is 5.97 Å². The van der Waals surface area contributed by atoms with Gasteiger partial charge in [-0.25, -0.2) is 4.79 Å². The molecule has 96 valence electrons. The van der Waals surface area contributed by atoms with Gasteiger partial charge < -0.3 is 19.5 Å². The van der Waals surface area contributed by atoms with Gasteiger partial charge in [-0.3, -0.25) is 4.79 Å². The zero-order chi connectivity index (χ0) is 13.1. The van der Waals surface area contributed by atoms with Gasteiger partial charge in [-0.15, -0.1) is 0 Å². The number of hydrogen-bond acceptors (Lipinski definition) is 5. The van der Waals surface area contributed by atoms with E-state index in [4.69, 9.17) is 9.47 Å². The number of carbonyl (C=O) groups excluding carboxylic acids is 2. The normalized spacial score (nSPS) is 23.3. The van der Waals surface area contributed by atoms with Crippen molar-refractivity contribution in [2.24, 2.45) is 0 Å². The van der Waals surface area contributed by atoms with Crippen LogP contribution in [0, 0.1) is 0 Å². The lowest BCUT2D eigenvalue weighted by molar-refractivity contribution is -0.138. The molecule has 0 aromatic heterocycles. The van der Waals surface area contributed by atoms with E-state index in [0.717, 1.165) is 0 Å². The van der Waals surface area contributed by atoms with Gasteiger partial charge in [-0.1, -0.05) is 0 Å². The number of carbonyl (C=O) groups is 2. The number of methoxy groups -OCH3 is 1. The summed E-state index contributed by atoms with van der Waals surface area (Å²) in [4.78, 5) is 22.3. The summed E-state index contributed by atoms with van der Waals surface area (Å²) in [5.41, 5.74) is 0.0614. The zero-order valence-corrected chi connectivity index (χ0v) is 10.4. The Balaban J connectivity index is 2.76. The Bertz CT molecular complexity index is 348. The Labute approximate surface area is 99.9 Å². The number of nitrogens with one attached hydrogen (secondary N) is 1. The molecular weight excluding hydrogens is 226 g/mol. The highest BCUT2D eigenvalue weighted by atomic mass is 16.7. The molecule has 0 aromatic carbocycles. The van der Waals surface area contributed by atoms with Gasteiger partial charge in [0, 0.05) is 6.92 Å². The van der Waals surface area contributed by atoms with Crippen molar-refractivity contribution in [3.63, 3.8) is 0 Å². The van der Waals surface area contributed by atoms with Crippen LogP contribution in [0.3, 0.4) is 0 Å². The topological polar surface area (TPSA) is 73.9 Å². The van der Waals surface area contributed by atoms with Crippen molar-refractivity contribution < 1.29 is 23.8 Å². The first-order chi connectivity index (χ1) is 7.84. The van der Waals surface area contributed by atoms with Crippen LogP contribution in [0.4, 0.5) is 0 Å². The average Bonchev–Trinajstić information content (AvgIpc) is 2.55. The van der Waals surface area contributed by atoms with E-state index in [-0.39, 0.29) is 17.7 Å². The van der Waals surface area contributed by atoms with Crippen LogP contribution < -0.4 is 5.32 Å². The smallest absolute Gasteiger partial charge is 0.354 e. The summed E-state index contributed by atoms with van der Waals surface area (Å²) in [5, 5.41) is 2.40. The van der Waals surface area contributed by atoms with Crippen LogP contribution >= 0.6 is 0 Å². The second kappa shape index (κ2) is 5.29. The molecule has 1 fully saturated rings. The van der Waals surface area contributed by atoms with Crippen molar-refractivity contribution in [2.75, 3.05) is 13.7 Å². The molecule has 0 aromatic rings. The van der Waals surface area contributed by atoms with Gasteiger partial charge in [0.15, 0.2) is 5.79 Å². The molecule has 1 rings (SSSR count). The molecule has 0 saturated carbocycles. The minimum atomic E-state index is -0.682. The Kier molecular flexibility index (Phi) is 4.25. The summed E-state index contributed by atoms with van der Waals surface area (Å²) >= 11 is 0. The number of rotatable bonds is 3. The quantitative estimate of drug-likeness (QED) is 0.571. The minimum absolute atomic E-state index is 0.0614. The molecule has 6 nitrogen and oxygen atoms in total. The van der Waals surface area contributed by atoms with Crippen LogP contribution in [0.2, 0.25) is 0 Å². The molecule has 1 amide bonds.